The Morgan fingerprint density at radius 2 is 2.41 bits per heavy atom. The highest BCUT2D eigenvalue weighted by molar-refractivity contribution is 9.09. The first-order valence-corrected chi connectivity index (χ1v) is 6.62. The minimum absolute atomic E-state index is 0.0594. The van der Waals surface area contributed by atoms with Crippen LogP contribution in [0.1, 0.15) is 29.6 Å². The lowest BCUT2D eigenvalue weighted by Gasteiger charge is -2.14. The van der Waals surface area contributed by atoms with Crippen LogP contribution in [0.2, 0.25) is 0 Å². The molecule has 2 unspecified atom stereocenters. The highest BCUT2D eigenvalue weighted by Crippen LogP contribution is 2.30. The Morgan fingerprint density at radius 3 is 3.06 bits per heavy atom. The molecular formula is C12H14BrFN2O. The second-order valence-corrected chi connectivity index (χ2v) is 5.45. The summed E-state index contributed by atoms with van der Waals surface area (Å²) in [6.07, 6.45) is 5.90. The van der Waals surface area contributed by atoms with Gasteiger partial charge in [0.15, 0.2) is 5.82 Å². The number of halogens is 2. The zero-order chi connectivity index (χ0) is 12.3. The monoisotopic (exact) mass is 300 g/mol. The smallest absolute Gasteiger partial charge is 0.254 e. The second-order valence-electron chi connectivity index (χ2n) is 4.27. The predicted octanol–water partition coefficient (Wildman–Crippen LogP) is 2.51. The average molecular weight is 301 g/mol. The standard InChI is InChI=1S/C12H14BrFN2O/c13-10-3-1-2-8(10)6-16-12(17)9-4-5-15-7-11(9)14/h4-5,7-8,10H,1-3,6H2,(H,16,17). The van der Waals surface area contributed by atoms with E-state index in [4.69, 9.17) is 0 Å². The minimum atomic E-state index is -0.577. The molecule has 2 atom stereocenters. The van der Waals surface area contributed by atoms with Gasteiger partial charge in [-0.05, 0) is 24.8 Å². The predicted molar refractivity (Wildman–Crippen MR) is 66.6 cm³/mol. The molecule has 92 valence electrons. The Bertz CT molecular complexity index is 413. The van der Waals surface area contributed by atoms with Crippen LogP contribution in [0.4, 0.5) is 4.39 Å². The van der Waals surface area contributed by atoms with Crippen molar-refractivity contribution >= 4 is 21.8 Å². The molecule has 1 amide bonds. The lowest BCUT2D eigenvalue weighted by Crippen LogP contribution is -2.31. The van der Waals surface area contributed by atoms with Crippen molar-refractivity contribution in [1.29, 1.82) is 0 Å². The van der Waals surface area contributed by atoms with Gasteiger partial charge in [0.05, 0.1) is 11.8 Å². The van der Waals surface area contributed by atoms with E-state index >= 15 is 0 Å². The van der Waals surface area contributed by atoms with Gasteiger partial charge in [-0.3, -0.25) is 9.78 Å². The van der Waals surface area contributed by atoms with Gasteiger partial charge in [0.2, 0.25) is 0 Å². The molecule has 3 nitrogen and oxygen atoms in total. The van der Waals surface area contributed by atoms with E-state index in [1.54, 1.807) is 0 Å². The van der Waals surface area contributed by atoms with Crippen LogP contribution in [0, 0.1) is 11.7 Å². The second kappa shape index (κ2) is 5.58. The van der Waals surface area contributed by atoms with E-state index in [0.29, 0.717) is 17.3 Å². The summed E-state index contributed by atoms with van der Waals surface area (Å²) < 4.78 is 13.3. The van der Waals surface area contributed by atoms with Gasteiger partial charge in [0, 0.05) is 17.6 Å². The number of amides is 1. The van der Waals surface area contributed by atoms with E-state index < -0.39 is 5.82 Å². The molecule has 0 spiro atoms. The maximum absolute atomic E-state index is 13.3. The maximum atomic E-state index is 13.3. The first-order valence-electron chi connectivity index (χ1n) is 5.70. The van der Waals surface area contributed by atoms with Gasteiger partial charge in [0.1, 0.15) is 0 Å². The lowest BCUT2D eigenvalue weighted by atomic mass is 10.1. The van der Waals surface area contributed by atoms with Gasteiger partial charge in [0.25, 0.3) is 5.91 Å². The van der Waals surface area contributed by atoms with Gasteiger partial charge in [-0.25, -0.2) is 4.39 Å². The molecule has 0 aliphatic heterocycles. The lowest BCUT2D eigenvalue weighted by molar-refractivity contribution is 0.0943. The number of nitrogens with zero attached hydrogens (tertiary/aromatic N) is 1. The summed E-state index contributed by atoms with van der Waals surface area (Å²) in [5.74, 6) is -0.493. The number of carbonyl (C=O) groups excluding carboxylic acids is 1. The summed E-state index contributed by atoms with van der Waals surface area (Å²) in [5, 5.41) is 2.78. The molecular weight excluding hydrogens is 287 g/mol. The molecule has 5 heteroatoms. The number of alkyl halides is 1. The fourth-order valence-corrected chi connectivity index (χ4v) is 2.87. The maximum Gasteiger partial charge on any atom is 0.254 e. The van der Waals surface area contributed by atoms with Crippen LogP contribution in [-0.4, -0.2) is 22.3 Å². The number of nitrogens with one attached hydrogen (secondary N) is 1. The van der Waals surface area contributed by atoms with Gasteiger partial charge in [-0.1, -0.05) is 22.4 Å². The average Bonchev–Trinajstić information content (AvgIpc) is 2.72. The molecule has 0 radical (unpaired) electrons. The van der Waals surface area contributed by atoms with Crippen LogP contribution in [0.15, 0.2) is 18.5 Å². The summed E-state index contributed by atoms with van der Waals surface area (Å²) in [7, 11) is 0. The number of aromatic nitrogens is 1. The zero-order valence-electron chi connectivity index (χ0n) is 9.33. The third-order valence-electron chi connectivity index (χ3n) is 3.11. The molecule has 2 rings (SSSR count). The van der Waals surface area contributed by atoms with Crippen LogP contribution in [0.5, 0.6) is 0 Å². The van der Waals surface area contributed by atoms with Gasteiger partial charge in [-0.15, -0.1) is 0 Å². The molecule has 1 fully saturated rings. The van der Waals surface area contributed by atoms with E-state index in [1.807, 2.05) is 0 Å². The van der Waals surface area contributed by atoms with E-state index in [9.17, 15) is 9.18 Å². The van der Waals surface area contributed by atoms with Crippen LogP contribution in [0.25, 0.3) is 0 Å². The molecule has 0 aromatic carbocycles. The SMILES string of the molecule is O=C(NCC1CCCC1Br)c1ccncc1F. The van der Waals surface area contributed by atoms with Crippen molar-refractivity contribution in [2.75, 3.05) is 6.54 Å². The summed E-state index contributed by atoms with van der Waals surface area (Å²) in [4.78, 5) is 15.8. The van der Waals surface area contributed by atoms with E-state index in [0.717, 1.165) is 19.0 Å². The van der Waals surface area contributed by atoms with E-state index in [-0.39, 0.29) is 11.5 Å². The van der Waals surface area contributed by atoms with Crippen molar-refractivity contribution in [2.24, 2.45) is 5.92 Å². The molecule has 1 aliphatic carbocycles. The van der Waals surface area contributed by atoms with Crippen molar-refractivity contribution in [3.8, 4) is 0 Å². The number of hydrogen-bond donors (Lipinski definition) is 1. The van der Waals surface area contributed by atoms with Crippen molar-refractivity contribution < 1.29 is 9.18 Å². The summed E-state index contributed by atoms with van der Waals surface area (Å²) >= 11 is 3.59. The van der Waals surface area contributed by atoms with E-state index in [1.165, 1.54) is 18.7 Å². The third-order valence-corrected chi connectivity index (χ3v) is 4.31. The van der Waals surface area contributed by atoms with Crippen molar-refractivity contribution in [3.63, 3.8) is 0 Å². The van der Waals surface area contributed by atoms with Crippen molar-refractivity contribution in [3.05, 3.63) is 29.8 Å². The fraction of sp³-hybridized carbons (Fsp3) is 0.500. The largest absolute Gasteiger partial charge is 0.352 e. The van der Waals surface area contributed by atoms with Crippen molar-refractivity contribution in [1.82, 2.24) is 10.3 Å². The Morgan fingerprint density at radius 1 is 1.59 bits per heavy atom. The van der Waals surface area contributed by atoms with Crippen LogP contribution in [0.3, 0.4) is 0 Å². The van der Waals surface area contributed by atoms with E-state index in [2.05, 4.69) is 26.2 Å². The Labute approximate surface area is 108 Å². The molecule has 0 saturated heterocycles. The number of carbonyl (C=O) groups is 1. The minimum Gasteiger partial charge on any atom is -0.352 e. The first kappa shape index (κ1) is 12.5. The Hall–Kier alpha value is -0.970. The quantitative estimate of drug-likeness (QED) is 0.872. The third kappa shape index (κ3) is 3.03. The highest BCUT2D eigenvalue weighted by Gasteiger charge is 2.25. The van der Waals surface area contributed by atoms with Crippen LogP contribution in [-0.2, 0) is 0 Å². The topological polar surface area (TPSA) is 42.0 Å². The van der Waals surface area contributed by atoms with Crippen LogP contribution >= 0.6 is 15.9 Å². The normalized spacial score (nSPS) is 23.6. The number of rotatable bonds is 3. The van der Waals surface area contributed by atoms with Crippen LogP contribution < -0.4 is 5.32 Å². The van der Waals surface area contributed by atoms with Crippen molar-refractivity contribution in [2.45, 2.75) is 24.1 Å². The van der Waals surface area contributed by atoms with Gasteiger partial charge < -0.3 is 5.32 Å². The molecule has 1 aromatic heterocycles. The Balaban J connectivity index is 1.91. The number of pyridine rings is 1. The summed E-state index contributed by atoms with van der Waals surface area (Å²) in [6, 6.07) is 1.39. The molecule has 1 heterocycles. The molecule has 1 saturated carbocycles. The molecule has 1 N–H and O–H groups in total. The Kier molecular flexibility index (Phi) is 4.10. The van der Waals surface area contributed by atoms with Gasteiger partial charge in [-0.2, -0.15) is 0 Å². The summed E-state index contributed by atoms with van der Waals surface area (Å²) in [6.45, 7) is 0.594. The summed E-state index contributed by atoms with van der Waals surface area (Å²) in [5.41, 5.74) is 0.0594. The fourth-order valence-electron chi connectivity index (χ4n) is 2.10. The zero-order valence-corrected chi connectivity index (χ0v) is 10.9. The highest BCUT2D eigenvalue weighted by atomic mass is 79.9. The first-order chi connectivity index (χ1) is 8.18. The van der Waals surface area contributed by atoms with Gasteiger partial charge >= 0.3 is 0 Å². The molecule has 0 bridgehead atoms. The number of hydrogen-bond acceptors (Lipinski definition) is 2. The molecule has 1 aromatic rings. The molecule has 17 heavy (non-hydrogen) atoms. The molecule has 1 aliphatic rings.